The molecule has 1 atom stereocenters. The molecule has 2 aliphatic heterocycles. The molecule has 118 valence electrons. The molecule has 0 spiro atoms. The monoisotopic (exact) mass is 310 g/mol. The summed E-state index contributed by atoms with van der Waals surface area (Å²) in [5, 5.41) is 3.46. The molecular formula is C17H27ClN2O. The molecule has 0 aromatic heterocycles. The van der Waals surface area contributed by atoms with Gasteiger partial charge < -0.3 is 10.1 Å². The minimum Gasteiger partial charge on any atom is -0.496 e. The molecule has 0 radical (unpaired) electrons. The van der Waals surface area contributed by atoms with Crippen LogP contribution in [-0.2, 0) is 0 Å². The van der Waals surface area contributed by atoms with Gasteiger partial charge in [0.2, 0.25) is 0 Å². The lowest BCUT2D eigenvalue weighted by Gasteiger charge is -2.32. The van der Waals surface area contributed by atoms with Crippen LogP contribution in [-0.4, -0.2) is 38.2 Å². The van der Waals surface area contributed by atoms with Crippen molar-refractivity contribution in [3.05, 3.63) is 29.8 Å². The van der Waals surface area contributed by atoms with Crippen molar-refractivity contribution in [2.24, 2.45) is 5.92 Å². The van der Waals surface area contributed by atoms with E-state index in [1.165, 1.54) is 57.4 Å². The second kappa shape index (κ2) is 8.02. The molecule has 2 fully saturated rings. The van der Waals surface area contributed by atoms with Crippen LogP contribution in [0, 0.1) is 5.92 Å². The summed E-state index contributed by atoms with van der Waals surface area (Å²) in [6, 6.07) is 9.09. The fourth-order valence-electron chi connectivity index (χ4n) is 3.73. The van der Waals surface area contributed by atoms with Gasteiger partial charge in [0, 0.05) is 18.2 Å². The Kier molecular flexibility index (Phi) is 6.34. The van der Waals surface area contributed by atoms with Crippen molar-refractivity contribution in [3.8, 4) is 5.75 Å². The Bertz CT molecular complexity index is 435. The molecule has 2 aliphatic rings. The maximum Gasteiger partial charge on any atom is 0.123 e. The lowest BCUT2D eigenvalue weighted by atomic mass is 9.96. The van der Waals surface area contributed by atoms with E-state index in [2.05, 4.69) is 34.5 Å². The van der Waals surface area contributed by atoms with Crippen LogP contribution in [0.3, 0.4) is 0 Å². The first-order chi connectivity index (χ1) is 9.88. The molecule has 1 unspecified atom stereocenters. The minimum atomic E-state index is 0. The lowest BCUT2D eigenvalue weighted by molar-refractivity contribution is 0.190. The van der Waals surface area contributed by atoms with Gasteiger partial charge in [-0.15, -0.1) is 12.4 Å². The zero-order valence-corrected chi connectivity index (χ0v) is 13.7. The quantitative estimate of drug-likeness (QED) is 0.924. The number of rotatable bonds is 4. The molecule has 21 heavy (non-hydrogen) atoms. The van der Waals surface area contributed by atoms with Crippen LogP contribution in [0.5, 0.6) is 5.75 Å². The van der Waals surface area contributed by atoms with Gasteiger partial charge in [0.05, 0.1) is 7.11 Å². The molecule has 1 N–H and O–H groups in total. The van der Waals surface area contributed by atoms with Crippen molar-refractivity contribution < 1.29 is 4.74 Å². The molecule has 2 heterocycles. The summed E-state index contributed by atoms with van der Waals surface area (Å²) in [7, 11) is 1.78. The van der Waals surface area contributed by atoms with E-state index in [9.17, 15) is 0 Å². The van der Waals surface area contributed by atoms with Crippen molar-refractivity contribution in [1.29, 1.82) is 0 Å². The van der Waals surface area contributed by atoms with E-state index in [0.29, 0.717) is 6.04 Å². The van der Waals surface area contributed by atoms with Crippen molar-refractivity contribution in [1.82, 2.24) is 10.2 Å². The average molecular weight is 311 g/mol. The van der Waals surface area contributed by atoms with Crippen LogP contribution < -0.4 is 10.1 Å². The van der Waals surface area contributed by atoms with Crippen molar-refractivity contribution in [3.63, 3.8) is 0 Å². The van der Waals surface area contributed by atoms with Gasteiger partial charge in [-0.2, -0.15) is 0 Å². The van der Waals surface area contributed by atoms with Gasteiger partial charge in [-0.1, -0.05) is 18.2 Å². The first kappa shape index (κ1) is 16.6. The number of para-hydroxylation sites is 1. The van der Waals surface area contributed by atoms with E-state index < -0.39 is 0 Å². The number of methoxy groups -OCH3 is 1. The summed E-state index contributed by atoms with van der Waals surface area (Å²) in [4.78, 5) is 2.69. The van der Waals surface area contributed by atoms with E-state index in [4.69, 9.17) is 4.74 Å². The topological polar surface area (TPSA) is 24.5 Å². The fraction of sp³-hybridized carbons (Fsp3) is 0.647. The largest absolute Gasteiger partial charge is 0.496 e. The van der Waals surface area contributed by atoms with Gasteiger partial charge in [0.15, 0.2) is 0 Å². The first-order valence-corrected chi connectivity index (χ1v) is 7.96. The Morgan fingerprint density at radius 2 is 1.95 bits per heavy atom. The van der Waals surface area contributed by atoms with E-state index in [1.807, 2.05) is 0 Å². The van der Waals surface area contributed by atoms with Crippen molar-refractivity contribution >= 4 is 12.4 Å². The number of benzene rings is 1. The molecule has 3 nitrogen and oxygen atoms in total. The maximum absolute atomic E-state index is 5.56. The Labute approximate surface area is 134 Å². The number of nitrogens with one attached hydrogen (secondary N) is 1. The summed E-state index contributed by atoms with van der Waals surface area (Å²) in [6.07, 6.45) is 5.24. The van der Waals surface area contributed by atoms with Crippen molar-refractivity contribution in [2.45, 2.75) is 31.7 Å². The molecule has 1 aromatic rings. The summed E-state index contributed by atoms with van der Waals surface area (Å²) >= 11 is 0. The number of halogens is 1. The van der Waals surface area contributed by atoms with E-state index in [1.54, 1.807) is 7.11 Å². The highest BCUT2D eigenvalue weighted by atomic mass is 35.5. The molecule has 1 aromatic carbocycles. The molecule has 0 bridgehead atoms. The van der Waals surface area contributed by atoms with E-state index in [-0.39, 0.29) is 12.4 Å². The van der Waals surface area contributed by atoms with Gasteiger partial charge >= 0.3 is 0 Å². The predicted molar refractivity (Wildman–Crippen MR) is 89.4 cm³/mol. The Balaban J connectivity index is 0.00000161. The first-order valence-electron chi connectivity index (χ1n) is 7.96. The van der Waals surface area contributed by atoms with Gasteiger partial charge in [-0.05, 0) is 57.3 Å². The fourth-order valence-corrected chi connectivity index (χ4v) is 3.73. The standard InChI is InChI=1S/C17H26N2O.ClH/c1-20-17-7-3-2-5-15(17)16-6-4-12-19(16)13-14-8-10-18-11-9-14;/h2-3,5,7,14,16,18H,4,6,8-13H2,1H3;1H. The summed E-state index contributed by atoms with van der Waals surface area (Å²) in [5.41, 5.74) is 1.38. The molecule has 3 rings (SSSR count). The Morgan fingerprint density at radius 1 is 1.19 bits per heavy atom. The normalized spacial score (nSPS) is 23.8. The second-order valence-electron chi connectivity index (χ2n) is 6.09. The van der Waals surface area contributed by atoms with Gasteiger partial charge in [0.1, 0.15) is 5.75 Å². The van der Waals surface area contributed by atoms with Crippen LogP contribution >= 0.6 is 12.4 Å². The summed E-state index contributed by atoms with van der Waals surface area (Å²) in [6.45, 7) is 4.88. The van der Waals surface area contributed by atoms with Crippen LogP contribution in [0.2, 0.25) is 0 Å². The molecule has 0 saturated carbocycles. The number of hydrogen-bond acceptors (Lipinski definition) is 3. The number of ether oxygens (including phenoxy) is 1. The molecule has 0 aliphatic carbocycles. The third kappa shape index (κ3) is 3.91. The minimum absolute atomic E-state index is 0. The summed E-state index contributed by atoms with van der Waals surface area (Å²) < 4.78 is 5.56. The van der Waals surface area contributed by atoms with Gasteiger partial charge in [-0.3, -0.25) is 4.90 Å². The number of hydrogen-bond donors (Lipinski definition) is 1. The zero-order chi connectivity index (χ0) is 13.8. The van der Waals surface area contributed by atoms with Gasteiger partial charge in [0.25, 0.3) is 0 Å². The van der Waals surface area contributed by atoms with Crippen LogP contribution in [0.4, 0.5) is 0 Å². The second-order valence-corrected chi connectivity index (χ2v) is 6.09. The smallest absolute Gasteiger partial charge is 0.123 e. The van der Waals surface area contributed by atoms with E-state index in [0.717, 1.165) is 11.7 Å². The summed E-state index contributed by atoms with van der Waals surface area (Å²) in [5.74, 6) is 1.92. The Morgan fingerprint density at radius 3 is 2.71 bits per heavy atom. The predicted octanol–water partition coefficient (Wildman–Crippen LogP) is 3.25. The Hall–Kier alpha value is -0.770. The number of piperidine rings is 1. The van der Waals surface area contributed by atoms with Crippen LogP contribution in [0.1, 0.15) is 37.3 Å². The third-order valence-corrected chi connectivity index (χ3v) is 4.81. The van der Waals surface area contributed by atoms with Crippen LogP contribution in [0.15, 0.2) is 24.3 Å². The number of likely N-dealkylation sites (tertiary alicyclic amines) is 1. The average Bonchev–Trinajstić information content (AvgIpc) is 2.96. The zero-order valence-electron chi connectivity index (χ0n) is 12.9. The SMILES string of the molecule is COc1ccccc1C1CCCN1CC1CCNCC1.Cl. The molecule has 2 saturated heterocycles. The van der Waals surface area contributed by atoms with E-state index >= 15 is 0 Å². The highest BCUT2D eigenvalue weighted by molar-refractivity contribution is 5.85. The molecule has 0 amide bonds. The third-order valence-electron chi connectivity index (χ3n) is 4.81. The molecular weight excluding hydrogens is 284 g/mol. The molecule has 4 heteroatoms. The van der Waals surface area contributed by atoms with Gasteiger partial charge in [-0.25, -0.2) is 0 Å². The highest BCUT2D eigenvalue weighted by Gasteiger charge is 2.30. The highest BCUT2D eigenvalue weighted by Crippen LogP contribution is 2.37. The van der Waals surface area contributed by atoms with Crippen LogP contribution in [0.25, 0.3) is 0 Å². The lowest BCUT2D eigenvalue weighted by Crippen LogP contribution is -2.36. The van der Waals surface area contributed by atoms with Crippen molar-refractivity contribution in [2.75, 3.05) is 33.3 Å². The maximum atomic E-state index is 5.56. The number of nitrogens with zero attached hydrogens (tertiary/aromatic N) is 1.